The van der Waals surface area contributed by atoms with Gasteiger partial charge in [0.05, 0.1) is 0 Å². The fourth-order valence-electron chi connectivity index (χ4n) is 2.30. The Morgan fingerprint density at radius 2 is 1.30 bits per heavy atom. The number of nitrogens with one attached hydrogen (secondary N) is 1. The Balaban J connectivity index is 3.59. The molecule has 0 fully saturated rings. The van der Waals surface area contributed by atoms with E-state index in [0.717, 1.165) is 19.5 Å². The molecule has 4 heteroatoms. The van der Waals surface area contributed by atoms with Crippen molar-refractivity contribution < 1.29 is 9.47 Å². The van der Waals surface area contributed by atoms with Gasteiger partial charge in [-0.25, -0.2) is 10.4 Å². The van der Waals surface area contributed by atoms with E-state index in [9.17, 15) is 0 Å². The summed E-state index contributed by atoms with van der Waals surface area (Å²) in [6.45, 7) is 6.55. The Morgan fingerprint density at radius 1 is 0.750 bits per heavy atom. The third-order valence-corrected chi connectivity index (χ3v) is 3.49. The van der Waals surface area contributed by atoms with Gasteiger partial charge in [-0.15, -0.1) is 0 Å². The summed E-state index contributed by atoms with van der Waals surface area (Å²) in [5.74, 6) is 0. The van der Waals surface area contributed by atoms with Crippen molar-refractivity contribution in [2.75, 3.05) is 27.3 Å². The van der Waals surface area contributed by atoms with Gasteiger partial charge in [0.2, 0.25) is 6.41 Å². The highest BCUT2D eigenvalue weighted by atomic mass is 16.7. The second-order valence-electron chi connectivity index (χ2n) is 5.39. The molecule has 0 amide bonds. The summed E-state index contributed by atoms with van der Waals surface area (Å²) in [6.07, 6.45) is 11.6. The minimum Gasteiger partial charge on any atom is -0.342 e. The van der Waals surface area contributed by atoms with Crippen LogP contribution in [0.3, 0.4) is 0 Å². The van der Waals surface area contributed by atoms with Gasteiger partial charge in [-0.3, -0.25) is 0 Å². The van der Waals surface area contributed by atoms with E-state index in [-0.39, 0.29) is 6.41 Å². The molecule has 0 aromatic heterocycles. The Kier molecular flexibility index (Phi) is 15.1. The molecule has 0 saturated carbocycles. The fraction of sp³-hybridized carbons (Fsp3) is 1.00. The summed E-state index contributed by atoms with van der Waals surface area (Å²) < 4.78 is 10.4. The maximum absolute atomic E-state index is 5.18. The summed E-state index contributed by atoms with van der Waals surface area (Å²) >= 11 is 0. The molecule has 0 aliphatic rings. The zero-order chi connectivity index (χ0) is 15.1. The number of hydrogen-bond acceptors (Lipinski definition) is 4. The molecule has 0 aromatic rings. The molecule has 4 nitrogen and oxygen atoms in total. The van der Waals surface area contributed by atoms with Crippen LogP contribution in [0.1, 0.15) is 71.6 Å². The molecular weight excluding hydrogens is 252 g/mol. The maximum Gasteiger partial charge on any atom is 0.228 e. The molecule has 0 bridgehead atoms. The van der Waals surface area contributed by atoms with Gasteiger partial charge in [-0.05, 0) is 12.8 Å². The normalized spacial score (nSPS) is 11.7. The first kappa shape index (κ1) is 19.8. The molecule has 0 aromatic carbocycles. The van der Waals surface area contributed by atoms with Crippen molar-refractivity contribution in [2.45, 2.75) is 78.0 Å². The van der Waals surface area contributed by atoms with Crippen molar-refractivity contribution in [3.8, 4) is 0 Å². The highest BCUT2D eigenvalue weighted by Gasteiger charge is 2.10. The summed E-state index contributed by atoms with van der Waals surface area (Å²) in [6, 6.07) is 0. The number of hydrazine groups is 1. The topological polar surface area (TPSA) is 33.7 Å². The Morgan fingerprint density at radius 3 is 1.80 bits per heavy atom. The van der Waals surface area contributed by atoms with Gasteiger partial charge in [-0.1, -0.05) is 58.8 Å². The minimum absolute atomic E-state index is 0.337. The minimum atomic E-state index is -0.337. The van der Waals surface area contributed by atoms with Crippen molar-refractivity contribution in [3.05, 3.63) is 0 Å². The highest BCUT2D eigenvalue weighted by Crippen LogP contribution is 2.08. The molecule has 0 atom stereocenters. The summed E-state index contributed by atoms with van der Waals surface area (Å²) in [4.78, 5) is 0. The molecule has 0 radical (unpaired) electrons. The standard InChI is InChI=1S/C16H36N2O2/c1-5-7-8-9-10-11-12-13-15-18(14-6-2)17-16(19-3)20-4/h16-17H,5-15H2,1-4H3. The fourth-order valence-corrected chi connectivity index (χ4v) is 2.30. The monoisotopic (exact) mass is 288 g/mol. The predicted molar refractivity (Wildman–Crippen MR) is 85.4 cm³/mol. The van der Waals surface area contributed by atoms with Crippen LogP contribution in [-0.2, 0) is 9.47 Å². The highest BCUT2D eigenvalue weighted by molar-refractivity contribution is 4.53. The molecule has 0 spiro atoms. The van der Waals surface area contributed by atoms with Crippen LogP contribution in [0.2, 0.25) is 0 Å². The Hall–Kier alpha value is -0.160. The van der Waals surface area contributed by atoms with E-state index < -0.39 is 0 Å². The lowest BCUT2D eigenvalue weighted by Gasteiger charge is -2.26. The van der Waals surface area contributed by atoms with Gasteiger partial charge < -0.3 is 9.47 Å². The van der Waals surface area contributed by atoms with Crippen molar-refractivity contribution in [1.82, 2.24) is 10.4 Å². The van der Waals surface area contributed by atoms with Gasteiger partial charge in [0.15, 0.2) is 0 Å². The third kappa shape index (κ3) is 11.6. The molecule has 20 heavy (non-hydrogen) atoms. The van der Waals surface area contributed by atoms with Crippen molar-refractivity contribution >= 4 is 0 Å². The van der Waals surface area contributed by atoms with E-state index in [1.807, 2.05) is 0 Å². The summed E-state index contributed by atoms with van der Waals surface area (Å²) in [7, 11) is 3.31. The number of unbranched alkanes of at least 4 members (excludes halogenated alkanes) is 7. The quantitative estimate of drug-likeness (QED) is 0.281. The molecule has 1 N–H and O–H groups in total. The van der Waals surface area contributed by atoms with Crippen LogP contribution in [0.4, 0.5) is 0 Å². The second kappa shape index (κ2) is 15.2. The second-order valence-corrected chi connectivity index (χ2v) is 5.39. The van der Waals surface area contributed by atoms with Crippen molar-refractivity contribution in [1.29, 1.82) is 0 Å². The first-order valence-electron chi connectivity index (χ1n) is 8.35. The first-order chi connectivity index (χ1) is 9.78. The molecular formula is C16H36N2O2. The van der Waals surface area contributed by atoms with E-state index in [0.29, 0.717) is 0 Å². The van der Waals surface area contributed by atoms with E-state index in [2.05, 4.69) is 24.3 Å². The molecule has 0 aliphatic carbocycles. The van der Waals surface area contributed by atoms with Gasteiger partial charge in [0.1, 0.15) is 0 Å². The number of hydrogen-bond donors (Lipinski definition) is 1. The zero-order valence-electron chi connectivity index (χ0n) is 14.1. The predicted octanol–water partition coefficient (Wildman–Crippen LogP) is 3.92. The van der Waals surface area contributed by atoms with Crippen LogP contribution in [0.15, 0.2) is 0 Å². The number of methoxy groups -OCH3 is 2. The number of rotatable bonds is 15. The van der Waals surface area contributed by atoms with Crippen molar-refractivity contribution in [2.24, 2.45) is 0 Å². The summed E-state index contributed by atoms with van der Waals surface area (Å²) in [5.41, 5.74) is 3.26. The van der Waals surface area contributed by atoms with E-state index >= 15 is 0 Å². The van der Waals surface area contributed by atoms with Crippen LogP contribution in [0.25, 0.3) is 0 Å². The lowest BCUT2D eigenvalue weighted by Crippen LogP contribution is -2.47. The van der Waals surface area contributed by atoms with Crippen LogP contribution < -0.4 is 5.43 Å². The van der Waals surface area contributed by atoms with Gasteiger partial charge in [0.25, 0.3) is 0 Å². The van der Waals surface area contributed by atoms with E-state index in [1.54, 1.807) is 14.2 Å². The molecule has 0 aliphatic heterocycles. The number of nitrogens with zero attached hydrogens (tertiary/aromatic N) is 1. The van der Waals surface area contributed by atoms with Crippen molar-refractivity contribution in [3.63, 3.8) is 0 Å². The van der Waals surface area contributed by atoms with Crippen LogP contribution >= 0.6 is 0 Å². The van der Waals surface area contributed by atoms with Gasteiger partial charge in [0, 0.05) is 27.3 Å². The van der Waals surface area contributed by atoms with Crippen LogP contribution in [0, 0.1) is 0 Å². The smallest absolute Gasteiger partial charge is 0.228 e. The Labute approximate surface area is 126 Å². The molecule has 0 saturated heterocycles. The molecule has 122 valence electrons. The average molecular weight is 288 g/mol. The molecule has 0 heterocycles. The maximum atomic E-state index is 5.18. The lowest BCUT2D eigenvalue weighted by molar-refractivity contribution is -0.158. The zero-order valence-corrected chi connectivity index (χ0v) is 14.1. The van der Waals surface area contributed by atoms with E-state index in [4.69, 9.17) is 9.47 Å². The third-order valence-electron chi connectivity index (χ3n) is 3.49. The van der Waals surface area contributed by atoms with Gasteiger partial charge >= 0.3 is 0 Å². The molecule has 0 unspecified atom stereocenters. The van der Waals surface area contributed by atoms with Crippen LogP contribution in [0.5, 0.6) is 0 Å². The largest absolute Gasteiger partial charge is 0.342 e. The lowest BCUT2D eigenvalue weighted by atomic mass is 10.1. The SMILES string of the molecule is CCCCCCCCCCN(CCC)NC(OC)OC. The van der Waals surface area contributed by atoms with E-state index in [1.165, 1.54) is 51.4 Å². The van der Waals surface area contributed by atoms with Crippen LogP contribution in [-0.4, -0.2) is 38.7 Å². The Bertz CT molecular complexity index is 187. The summed E-state index contributed by atoms with van der Waals surface area (Å²) in [5, 5.41) is 2.22. The first-order valence-corrected chi connectivity index (χ1v) is 8.35. The molecule has 0 rings (SSSR count). The van der Waals surface area contributed by atoms with Gasteiger partial charge in [-0.2, -0.15) is 0 Å². The number of ether oxygens (including phenoxy) is 2. The average Bonchev–Trinajstić information content (AvgIpc) is 2.47.